The summed E-state index contributed by atoms with van der Waals surface area (Å²) in [6.45, 7) is 24.4. The number of hydrogen-bond donors (Lipinski definition) is 2. The van der Waals surface area contributed by atoms with Gasteiger partial charge in [-0.25, -0.2) is 14.6 Å². The van der Waals surface area contributed by atoms with E-state index in [-0.39, 0.29) is 51.1 Å². The van der Waals surface area contributed by atoms with E-state index >= 15 is 0 Å². The highest BCUT2D eigenvalue weighted by Crippen LogP contribution is 2.75. The van der Waals surface area contributed by atoms with Crippen LogP contribution < -0.4 is 5.73 Å². The van der Waals surface area contributed by atoms with E-state index in [4.69, 9.17) is 25.3 Å². The molecule has 9 nitrogen and oxygen atoms in total. The standard InChI is InChI=1S/C43H64BrN5O4/c1-25(2)27(5)38(6)16-17-40(8)29-11-12-32-39(7)21-52-23-43(32,30(29)13-15-41(40,9)34(38)37(50)51)20-31(35(39)53-22-42(10,45)26(3)4)49-36(47-24-48-49)28-14-18-46-33(44)19-28/h13-14,18-19,24-27,29,31-32,34-35H,11-12,15-17,20-23,45H2,1-10H3,(H,50,51)/t27-,29+,31-,32+,34-,35+,38-,39?,40-,41+,42+,43+/m1/s1. The Bertz CT molecular complexity index is 1760. The van der Waals surface area contributed by atoms with Gasteiger partial charge in [-0.1, -0.05) is 74.0 Å². The van der Waals surface area contributed by atoms with Crippen LogP contribution in [0.2, 0.25) is 0 Å². The first-order valence-corrected chi connectivity index (χ1v) is 21.0. The number of nitrogens with two attached hydrogens (primary N) is 1. The molecule has 1 aliphatic heterocycles. The van der Waals surface area contributed by atoms with Gasteiger partial charge in [0.05, 0.1) is 37.9 Å². The topological polar surface area (TPSA) is 125 Å². The van der Waals surface area contributed by atoms with Crippen LogP contribution in [-0.4, -0.2) is 62.3 Å². The Labute approximate surface area is 325 Å². The summed E-state index contributed by atoms with van der Waals surface area (Å²) in [6, 6.07) is 3.87. The van der Waals surface area contributed by atoms with Crippen molar-refractivity contribution >= 4 is 21.9 Å². The molecule has 3 heterocycles. The molecule has 0 aromatic carbocycles. The average molecular weight is 795 g/mol. The van der Waals surface area contributed by atoms with Gasteiger partial charge in [-0.3, -0.25) is 4.79 Å². The van der Waals surface area contributed by atoms with Crippen LogP contribution >= 0.6 is 15.9 Å². The van der Waals surface area contributed by atoms with Crippen LogP contribution in [0.5, 0.6) is 0 Å². The number of aromatic nitrogens is 4. The number of carbonyl (C=O) groups is 1. The summed E-state index contributed by atoms with van der Waals surface area (Å²) in [6.07, 6.45) is 11.4. The molecule has 12 atom stereocenters. The third kappa shape index (κ3) is 5.68. The molecular weight excluding hydrogens is 730 g/mol. The molecule has 4 aliphatic carbocycles. The second-order valence-electron chi connectivity index (χ2n) is 19.9. The largest absolute Gasteiger partial charge is 0.481 e. The quantitative estimate of drug-likeness (QED) is 0.191. The number of hydrogen-bond acceptors (Lipinski definition) is 7. The normalized spacial score (nSPS) is 41.2. The molecule has 3 saturated carbocycles. The van der Waals surface area contributed by atoms with Crippen molar-refractivity contribution in [3.05, 3.63) is 40.9 Å². The molecule has 292 valence electrons. The van der Waals surface area contributed by atoms with Crippen molar-refractivity contribution in [1.29, 1.82) is 0 Å². The van der Waals surface area contributed by atoms with Gasteiger partial charge in [0.2, 0.25) is 0 Å². The first-order chi connectivity index (χ1) is 24.8. The van der Waals surface area contributed by atoms with Gasteiger partial charge in [0.25, 0.3) is 0 Å². The summed E-state index contributed by atoms with van der Waals surface area (Å²) >= 11 is 3.58. The molecule has 5 aliphatic rings. The third-order valence-electron chi connectivity index (χ3n) is 16.9. The Hall–Kier alpha value is -2.14. The molecule has 4 fully saturated rings. The lowest BCUT2D eigenvalue weighted by atomic mass is 9.34. The van der Waals surface area contributed by atoms with Crippen LogP contribution in [0.15, 0.2) is 40.9 Å². The van der Waals surface area contributed by atoms with Crippen LogP contribution in [0, 0.1) is 62.6 Å². The first kappa shape index (κ1) is 39.1. The van der Waals surface area contributed by atoms with E-state index in [1.54, 1.807) is 12.5 Å². The predicted octanol–water partition coefficient (Wildman–Crippen LogP) is 8.99. The predicted molar refractivity (Wildman–Crippen MR) is 211 cm³/mol. The number of nitrogens with zero attached hydrogens (tertiary/aromatic N) is 4. The fourth-order valence-corrected chi connectivity index (χ4v) is 13.2. The lowest BCUT2D eigenvalue weighted by molar-refractivity contribution is -0.252. The zero-order valence-corrected chi connectivity index (χ0v) is 35.4. The van der Waals surface area contributed by atoms with Crippen LogP contribution in [0.1, 0.15) is 114 Å². The summed E-state index contributed by atoms with van der Waals surface area (Å²) in [4.78, 5) is 22.8. The second kappa shape index (κ2) is 13.2. The highest BCUT2D eigenvalue weighted by Gasteiger charge is 2.72. The van der Waals surface area contributed by atoms with E-state index in [1.165, 1.54) is 5.57 Å². The molecule has 7 rings (SSSR count). The minimum absolute atomic E-state index is 0.123. The molecule has 0 spiro atoms. The molecule has 10 heteroatoms. The van der Waals surface area contributed by atoms with Gasteiger partial charge in [-0.05, 0) is 119 Å². The highest BCUT2D eigenvalue weighted by atomic mass is 79.9. The molecule has 53 heavy (non-hydrogen) atoms. The van der Waals surface area contributed by atoms with Crippen LogP contribution in [0.25, 0.3) is 11.4 Å². The molecule has 0 radical (unpaired) electrons. The number of pyridine rings is 1. The Morgan fingerprint density at radius 3 is 2.51 bits per heavy atom. The SMILES string of the molecule is CC(C)[C@@H](C)[C@@]1(C)CC[C@]2(C)[C@H]3CC[C@H]4C5(C)COC[C@@]4(C[C@@H](n4ncnc4-c4ccnc(Br)c4)[C@@H]5OC[C@](C)(N)C(C)C)C3=CC[C@@]2(C)[C@@H]1C(=O)O. The maximum atomic E-state index is 13.6. The number of aliphatic carboxylic acids is 1. The monoisotopic (exact) mass is 793 g/mol. The van der Waals surface area contributed by atoms with Crippen molar-refractivity contribution in [2.24, 2.45) is 68.3 Å². The zero-order valence-electron chi connectivity index (χ0n) is 33.8. The third-order valence-corrected chi connectivity index (χ3v) is 17.3. The van der Waals surface area contributed by atoms with Gasteiger partial charge in [0.15, 0.2) is 5.82 Å². The van der Waals surface area contributed by atoms with Crippen molar-refractivity contribution in [2.45, 2.75) is 125 Å². The van der Waals surface area contributed by atoms with Gasteiger partial charge in [0, 0.05) is 28.1 Å². The van der Waals surface area contributed by atoms with E-state index in [0.29, 0.717) is 37.6 Å². The summed E-state index contributed by atoms with van der Waals surface area (Å²) in [5.41, 5.74) is 7.48. The van der Waals surface area contributed by atoms with Crippen molar-refractivity contribution in [2.75, 3.05) is 19.8 Å². The molecule has 1 unspecified atom stereocenters. The number of fused-ring (bicyclic) bond motifs is 3. The van der Waals surface area contributed by atoms with Crippen molar-refractivity contribution < 1.29 is 19.4 Å². The zero-order chi connectivity index (χ0) is 38.5. The lowest BCUT2D eigenvalue weighted by Gasteiger charge is -2.71. The Balaban J connectivity index is 1.36. The number of ether oxygens (including phenoxy) is 2. The molecule has 2 aromatic heterocycles. The molecule has 2 bridgehead atoms. The number of rotatable bonds is 9. The minimum Gasteiger partial charge on any atom is -0.481 e. The fourth-order valence-electron chi connectivity index (χ4n) is 12.8. The Kier molecular flexibility index (Phi) is 9.76. The van der Waals surface area contributed by atoms with Gasteiger partial charge in [-0.15, -0.1) is 0 Å². The highest BCUT2D eigenvalue weighted by molar-refractivity contribution is 9.10. The maximum Gasteiger partial charge on any atom is 0.307 e. The minimum atomic E-state index is -0.627. The lowest BCUT2D eigenvalue weighted by Crippen LogP contribution is -2.69. The maximum absolute atomic E-state index is 13.6. The number of halogens is 1. The second-order valence-corrected chi connectivity index (χ2v) is 20.7. The average Bonchev–Trinajstić information content (AvgIpc) is 3.57. The molecule has 1 saturated heterocycles. The van der Waals surface area contributed by atoms with Gasteiger partial charge < -0.3 is 20.3 Å². The smallest absolute Gasteiger partial charge is 0.307 e. The first-order valence-electron chi connectivity index (χ1n) is 20.2. The van der Waals surface area contributed by atoms with Gasteiger partial charge in [0.1, 0.15) is 10.9 Å². The van der Waals surface area contributed by atoms with Crippen LogP contribution in [0.4, 0.5) is 0 Å². The molecule has 2 aromatic rings. The number of carboxylic acid groups (broad SMARTS) is 1. The molecule has 3 N–H and O–H groups in total. The summed E-state index contributed by atoms with van der Waals surface area (Å²) in [7, 11) is 0. The van der Waals surface area contributed by atoms with Crippen molar-refractivity contribution in [3.63, 3.8) is 0 Å². The Morgan fingerprint density at radius 1 is 1.11 bits per heavy atom. The van der Waals surface area contributed by atoms with Gasteiger partial charge in [-0.2, -0.15) is 5.10 Å². The van der Waals surface area contributed by atoms with Crippen molar-refractivity contribution in [3.8, 4) is 11.4 Å². The van der Waals surface area contributed by atoms with E-state index in [2.05, 4.69) is 101 Å². The van der Waals surface area contributed by atoms with E-state index < -0.39 is 17.4 Å². The van der Waals surface area contributed by atoms with Crippen LogP contribution in [-0.2, 0) is 14.3 Å². The number of allylic oxidation sites excluding steroid dienone is 1. The summed E-state index contributed by atoms with van der Waals surface area (Å²) < 4.78 is 16.8. The van der Waals surface area contributed by atoms with E-state index in [1.807, 2.05) is 12.1 Å². The molecule has 0 amide bonds. The summed E-state index contributed by atoms with van der Waals surface area (Å²) in [5.74, 6) is 1.32. The van der Waals surface area contributed by atoms with E-state index in [9.17, 15) is 9.90 Å². The number of carboxylic acids is 1. The Morgan fingerprint density at radius 2 is 1.85 bits per heavy atom. The fraction of sp³-hybridized carbons (Fsp3) is 0.767. The van der Waals surface area contributed by atoms with Crippen LogP contribution in [0.3, 0.4) is 0 Å². The van der Waals surface area contributed by atoms with Gasteiger partial charge >= 0.3 is 5.97 Å². The summed E-state index contributed by atoms with van der Waals surface area (Å²) in [5, 5.41) is 16.1. The van der Waals surface area contributed by atoms with Crippen molar-refractivity contribution in [1.82, 2.24) is 19.7 Å². The van der Waals surface area contributed by atoms with E-state index in [0.717, 1.165) is 54.5 Å². The molecular formula is C43H64BrN5O4.